The Labute approximate surface area is 104 Å². The Kier molecular flexibility index (Phi) is 2.51. The summed E-state index contributed by atoms with van der Waals surface area (Å²) in [4.78, 5) is 16.1. The van der Waals surface area contributed by atoms with Crippen molar-refractivity contribution in [3.63, 3.8) is 0 Å². The fourth-order valence-electron chi connectivity index (χ4n) is 1.79. The zero-order valence-electron chi connectivity index (χ0n) is 9.74. The van der Waals surface area contributed by atoms with Crippen LogP contribution in [0.25, 0.3) is 0 Å². The zero-order valence-corrected chi connectivity index (χ0v) is 9.74. The molecule has 2 aromatic rings. The summed E-state index contributed by atoms with van der Waals surface area (Å²) in [5.74, 6) is 0.526. The third-order valence-electron chi connectivity index (χ3n) is 2.90. The molecule has 5 heteroatoms. The molecule has 0 radical (unpaired) electrons. The maximum Gasteiger partial charge on any atom is 0.313 e. The number of benzene rings is 1. The Balaban J connectivity index is 1.96. The van der Waals surface area contributed by atoms with Crippen molar-refractivity contribution in [1.82, 2.24) is 9.55 Å². The average Bonchev–Trinajstić information content (AvgIpc) is 3.19. The molecule has 1 aliphatic carbocycles. The van der Waals surface area contributed by atoms with Gasteiger partial charge in [0, 0.05) is 18.4 Å². The van der Waals surface area contributed by atoms with Crippen LogP contribution in [0, 0.1) is 0 Å². The maximum atomic E-state index is 12.1. The quantitative estimate of drug-likeness (QED) is 0.836. The molecule has 0 spiro atoms. The molecule has 0 amide bonds. The van der Waals surface area contributed by atoms with Crippen LogP contribution in [0.1, 0.15) is 18.9 Å². The van der Waals surface area contributed by atoms with Gasteiger partial charge in [0.1, 0.15) is 0 Å². The molecule has 0 unspecified atom stereocenters. The molecule has 3 rings (SSSR count). The molecule has 0 atom stereocenters. The van der Waals surface area contributed by atoms with E-state index in [1.807, 2.05) is 6.07 Å². The number of para-hydroxylation sites is 2. The standard InChI is InChI=1S/C13H13N3O2/c14-10-3-1-2-4-11(10)18-12-13(17)16(8-7-15-12)9-5-6-9/h1-4,7-9H,5-6,14H2. The Bertz CT molecular complexity index is 632. The molecule has 92 valence electrons. The van der Waals surface area contributed by atoms with E-state index in [0.717, 1.165) is 12.8 Å². The molecule has 1 heterocycles. The van der Waals surface area contributed by atoms with E-state index in [1.54, 1.807) is 35.2 Å². The lowest BCUT2D eigenvalue weighted by Gasteiger charge is -2.08. The molecule has 1 aliphatic rings. The number of rotatable bonds is 3. The van der Waals surface area contributed by atoms with E-state index < -0.39 is 0 Å². The molecule has 0 saturated heterocycles. The summed E-state index contributed by atoms with van der Waals surface area (Å²) in [7, 11) is 0. The van der Waals surface area contributed by atoms with Gasteiger partial charge in [-0.2, -0.15) is 0 Å². The first kappa shape index (κ1) is 10.8. The first-order chi connectivity index (χ1) is 8.75. The highest BCUT2D eigenvalue weighted by Crippen LogP contribution is 2.33. The van der Waals surface area contributed by atoms with E-state index in [2.05, 4.69) is 4.98 Å². The summed E-state index contributed by atoms with van der Waals surface area (Å²) >= 11 is 0. The second-order valence-corrected chi connectivity index (χ2v) is 4.32. The highest BCUT2D eigenvalue weighted by molar-refractivity contribution is 5.52. The third-order valence-corrected chi connectivity index (χ3v) is 2.90. The summed E-state index contributed by atoms with van der Waals surface area (Å²) in [6.45, 7) is 0. The molecule has 5 nitrogen and oxygen atoms in total. The van der Waals surface area contributed by atoms with Crippen LogP contribution < -0.4 is 16.0 Å². The first-order valence-corrected chi connectivity index (χ1v) is 5.85. The summed E-state index contributed by atoms with van der Waals surface area (Å²) < 4.78 is 7.16. The third kappa shape index (κ3) is 1.95. The van der Waals surface area contributed by atoms with E-state index in [1.165, 1.54) is 0 Å². The number of ether oxygens (including phenoxy) is 1. The number of nitrogens with zero attached hydrogens (tertiary/aromatic N) is 2. The van der Waals surface area contributed by atoms with Crippen LogP contribution in [0.3, 0.4) is 0 Å². The van der Waals surface area contributed by atoms with E-state index >= 15 is 0 Å². The van der Waals surface area contributed by atoms with Crippen LogP contribution in [-0.4, -0.2) is 9.55 Å². The highest BCUT2D eigenvalue weighted by Gasteiger charge is 2.25. The summed E-state index contributed by atoms with van der Waals surface area (Å²) in [6, 6.07) is 7.34. The molecule has 2 N–H and O–H groups in total. The van der Waals surface area contributed by atoms with Gasteiger partial charge in [-0.15, -0.1) is 0 Å². The molecule has 0 bridgehead atoms. The number of hydrogen-bond acceptors (Lipinski definition) is 4. The number of nitrogens with two attached hydrogens (primary N) is 1. The van der Waals surface area contributed by atoms with Crippen LogP contribution in [0.4, 0.5) is 5.69 Å². The van der Waals surface area contributed by atoms with Gasteiger partial charge >= 0.3 is 5.56 Å². The minimum Gasteiger partial charge on any atom is -0.432 e. The largest absolute Gasteiger partial charge is 0.432 e. The minimum absolute atomic E-state index is 0.0716. The number of nitrogen functional groups attached to an aromatic ring is 1. The van der Waals surface area contributed by atoms with Gasteiger partial charge in [0.25, 0.3) is 5.88 Å². The van der Waals surface area contributed by atoms with Crippen LogP contribution >= 0.6 is 0 Å². The van der Waals surface area contributed by atoms with Crippen molar-refractivity contribution in [3.8, 4) is 11.6 Å². The molecular weight excluding hydrogens is 230 g/mol. The lowest BCUT2D eigenvalue weighted by molar-refractivity contribution is 0.446. The van der Waals surface area contributed by atoms with Gasteiger partial charge in [-0.25, -0.2) is 4.98 Å². The molecule has 0 aliphatic heterocycles. The Morgan fingerprint density at radius 1 is 1.33 bits per heavy atom. The highest BCUT2D eigenvalue weighted by atomic mass is 16.5. The van der Waals surface area contributed by atoms with Gasteiger partial charge in [-0.3, -0.25) is 4.79 Å². The Morgan fingerprint density at radius 2 is 2.11 bits per heavy atom. The van der Waals surface area contributed by atoms with Crippen LogP contribution in [0.15, 0.2) is 41.5 Å². The second kappa shape index (κ2) is 4.18. The van der Waals surface area contributed by atoms with Crippen molar-refractivity contribution < 1.29 is 4.74 Å². The van der Waals surface area contributed by atoms with E-state index in [9.17, 15) is 4.79 Å². The molecule has 18 heavy (non-hydrogen) atoms. The number of hydrogen-bond donors (Lipinski definition) is 1. The van der Waals surface area contributed by atoms with E-state index in [0.29, 0.717) is 17.5 Å². The maximum absolute atomic E-state index is 12.1. The van der Waals surface area contributed by atoms with Gasteiger partial charge in [0.2, 0.25) is 0 Å². The Morgan fingerprint density at radius 3 is 2.83 bits per heavy atom. The fourth-order valence-corrected chi connectivity index (χ4v) is 1.79. The second-order valence-electron chi connectivity index (χ2n) is 4.32. The zero-order chi connectivity index (χ0) is 12.5. The normalized spacial score (nSPS) is 14.4. The molecule has 1 fully saturated rings. The van der Waals surface area contributed by atoms with Crippen molar-refractivity contribution in [1.29, 1.82) is 0 Å². The van der Waals surface area contributed by atoms with Gasteiger partial charge in [0.05, 0.1) is 5.69 Å². The smallest absolute Gasteiger partial charge is 0.313 e. The van der Waals surface area contributed by atoms with Gasteiger partial charge < -0.3 is 15.0 Å². The molecule has 1 aromatic carbocycles. The van der Waals surface area contributed by atoms with Crippen molar-refractivity contribution in [2.45, 2.75) is 18.9 Å². The number of aromatic nitrogens is 2. The minimum atomic E-state index is -0.205. The first-order valence-electron chi connectivity index (χ1n) is 5.85. The van der Waals surface area contributed by atoms with Gasteiger partial charge in [-0.05, 0) is 25.0 Å². The van der Waals surface area contributed by atoms with E-state index in [-0.39, 0.29) is 11.4 Å². The number of anilines is 1. The average molecular weight is 243 g/mol. The van der Waals surface area contributed by atoms with Gasteiger partial charge in [-0.1, -0.05) is 12.1 Å². The molecule has 1 aromatic heterocycles. The van der Waals surface area contributed by atoms with Crippen molar-refractivity contribution in [3.05, 3.63) is 47.0 Å². The van der Waals surface area contributed by atoms with Gasteiger partial charge in [0.15, 0.2) is 5.75 Å². The van der Waals surface area contributed by atoms with Crippen LogP contribution in [0.5, 0.6) is 11.6 Å². The van der Waals surface area contributed by atoms with Crippen molar-refractivity contribution in [2.75, 3.05) is 5.73 Å². The lowest BCUT2D eigenvalue weighted by Crippen LogP contribution is -2.20. The van der Waals surface area contributed by atoms with E-state index in [4.69, 9.17) is 10.5 Å². The monoisotopic (exact) mass is 243 g/mol. The lowest BCUT2D eigenvalue weighted by atomic mass is 10.3. The van der Waals surface area contributed by atoms with Crippen molar-refractivity contribution in [2.24, 2.45) is 0 Å². The predicted octanol–water partition coefficient (Wildman–Crippen LogP) is 1.95. The predicted molar refractivity (Wildman–Crippen MR) is 67.7 cm³/mol. The summed E-state index contributed by atoms with van der Waals surface area (Å²) in [6.07, 6.45) is 5.35. The molecule has 1 saturated carbocycles. The fraction of sp³-hybridized carbons (Fsp3) is 0.231. The SMILES string of the molecule is Nc1ccccc1Oc1nccn(C2CC2)c1=O. The Hall–Kier alpha value is -2.30. The topological polar surface area (TPSA) is 70.1 Å². The van der Waals surface area contributed by atoms with Crippen molar-refractivity contribution >= 4 is 5.69 Å². The summed E-state index contributed by atoms with van der Waals surface area (Å²) in [5, 5.41) is 0. The van der Waals surface area contributed by atoms with Crippen LogP contribution in [0.2, 0.25) is 0 Å². The summed E-state index contributed by atoms with van der Waals surface area (Å²) in [5.41, 5.74) is 6.05. The molecular formula is C13H13N3O2. The van der Waals surface area contributed by atoms with Crippen LogP contribution in [-0.2, 0) is 0 Å².